The van der Waals surface area contributed by atoms with Gasteiger partial charge in [-0.1, -0.05) is 30.3 Å². The summed E-state index contributed by atoms with van der Waals surface area (Å²) < 4.78 is 10.6. The van der Waals surface area contributed by atoms with Crippen LogP contribution < -0.4 is 14.8 Å². The predicted molar refractivity (Wildman–Crippen MR) is 108 cm³/mol. The van der Waals surface area contributed by atoms with Gasteiger partial charge in [0.25, 0.3) is 0 Å². The SMILES string of the molecule is CCc1cc2cc(C)ccc2nc1SCC(=O)Nc1ccc2c(c1)OCO2. The number of fused-ring (bicyclic) bond motifs is 2. The number of aromatic nitrogens is 1. The Balaban J connectivity index is 1.46. The maximum Gasteiger partial charge on any atom is 0.234 e. The Labute approximate surface area is 162 Å². The molecule has 6 heteroatoms. The summed E-state index contributed by atoms with van der Waals surface area (Å²) in [5.74, 6) is 1.57. The first-order chi connectivity index (χ1) is 13.1. The Bertz CT molecular complexity index is 1020. The van der Waals surface area contributed by atoms with Gasteiger partial charge < -0.3 is 14.8 Å². The number of aryl methyl sites for hydroxylation is 2. The van der Waals surface area contributed by atoms with Gasteiger partial charge in [-0.2, -0.15) is 0 Å². The molecule has 5 nitrogen and oxygen atoms in total. The summed E-state index contributed by atoms with van der Waals surface area (Å²) >= 11 is 1.46. The number of hydrogen-bond donors (Lipinski definition) is 1. The van der Waals surface area contributed by atoms with E-state index in [1.807, 2.05) is 12.1 Å². The molecule has 0 unspecified atom stereocenters. The number of ether oxygens (including phenoxy) is 2. The number of thioether (sulfide) groups is 1. The zero-order valence-corrected chi connectivity index (χ0v) is 16.1. The summed E-state index contributed by atoms with van der Waals surface area (Å²) in [6.07, 6.45) is 0.878. The molecule has 27 heavy (non-hydrogen) atoms. The van der Waals surface area contributed by atoms with Crippen molar-refractivity contribution in [2.24, 2.45) is 0 Å². The van der Waals surface area contributed by atoms with E-state index in [0.717, 1.165) is 27.9 Å². The average Bonchev–Trinajstić information content (AvgIpc) is 3.13. The van der Waals surface area contributed by atoms with Gasteiger partial charge >= 0.3 is 0 Å². The summed E-state index contributed by atoms with van der Waals surface area (Å²) in [7, 11) is 0. The van der Waals surface area contributed by atoms with E-state index >= 15 is 0 Å². The number of hydrogen-bond acceptors (Lipinski definition) is 5. The fourth-order valence-corrected chi connectivity index (χ4v) is 3.90. The van der Waals surface area contributed by atoms with E-state index in [9.17, 15) is 4.79 Å². The molecule has 3 aromatic rings. The third kappa shape index (κ3) is 3.85. The Morgan fingerprint density at radius 1 is 1.15 bits per heavy atom. The molecular formula is C21H20N2O3S. The molecule has 1 aromatic heterocycles. The molecule has 0 saturated heterocycles. The molecule has 2 heterocycles. The minimum atomic E-state index is -0.0771. The number of carbonyl (C=O) groups excluding carboxylic acids is 1. The van der Waals surface area contributed by atoms with Gasteiger partial charge in [-0.15, -0.1) is 0 Å². The monoisotopic (exact) mass is 380 g/mol. The van der Waals surface area contributed by atoms with Crippen molar-refractivity contribution in [3.05, 3.63) is 53.6 Å². The quantitative estimate of drug-likeness (QED) is 0.657. The number of rotatable bonds is 5. The predicted octanol–water partition coefficient (Wildman–Crippen LogP) is 4.57. The summed E-state index contributed by atoms with van der Waals surface area (Å²) in [5, 5.41) is 4.95. The maximum absolute atomic E-state index is 12.4. The molecule has 0 aliphatic carbocycles. The highest BCUT2D eigenvalue weighted by Gasteiger charge is 2.15. The van der Waals surface area contributed by atoms with Crippen LogP contribution in [-0.4, -0.2) is 23.4 Å². The standard InChI is InChI=1S/C21H20N2O3S/c1-3-14-9-15-8-13(2)4-6-17(15)23-21(14)27-11-20(24)22-16-5-7-18-19(10-16)26-12-25-18/h4-10H,3,11-12H2,1-2H3,(H,22,24). The van der Waals surface area contributed by atoms with E-state index in [1.54, 1.807) is 12.1 Å². The second-order valence-corrected chi connectivity index (χ2v) is 7.37. The van der Waals surface area contributed by atoms with Crippen LogP contribution in [0.1, 0.15) is 18.1 Å². The number of benzene rings is 2. The third-order valence-corrected chi connectivity index (χ3v) is 5.42. The molecule has 138 valence electrons. The van der Waals surface area contributed by atoms with Gasteiger partial charge in [0.1, 0.15) is 5.03 Å². The molecule has 0 radical (unpaired) electrons. The average molecular weight is 380 g/mol. The Hall–Kier alpha value is -2.73. The van der Waals surface area contributed by atoms with Crippen LogP contribution in [0, 0.1) is 6.92 Å². The summed E-state index contributed by atoms with van der Waals surface area (Å²) in [6, 6.07) is 13.8. The molecular weight excluding hydrogens is 360 g/mol. The number of nitrogens with one attached hydrogen (secondary N) is 1. The number of amides is 1. The highest BCUT2D eigenvalue weighted by atomic mass is 32.2. The van der Waals surface area contributed by atoms with Gasteiger partial charge in [0.05, 0.1) is 11.3 Å². The van der Waals surface area contributed by atoms with Crippen molar-refractivity contribution in [1.82, 2.24) is 4.98 Å². The van der Waals surface area contributed by atoms with Crippen molar-refractivity contribution in [2.45, 2.75) is 25.3 Å². The molecule has 0 bridgehead atoms. The van der Waals surface area contributed by atoms with E-state index in [-0.39, 0.29) is 12.7 Å². The fraction of sp³-hybridized carbons (Fsp3) is 0.238. The fourth-order valence-electron chi connectivity index (χ4n) is 3.01. The van der Waals surface area contributed by atoms with Gasteiger partial charge in [-0.05, 0) is 49.2 Å². The third-order valence-electron chi connectivity index (χ3n) is 4.39. The minimum absolute atomic E-state index is 0.0771. The van der Waals surface area contributed by atoms with Crippen LogP contribution in [0.2, 0.25) is 0 Å². The maximum atomic E-state index is 12.4. The van der Waals surface area contributed by atoms with Crippen molar-refractivity contribution in [1.29, 1.82) is 0 Å². The van der Waals surface area contributed by atoms with Gasteiger partial charge in [0, 0.05) is 17.1 Å². The van der Waals surface area contributed by atoms with E-state index in [1.165, 1.54) is 17.3 Å². The van der Waals surface area contributed by atoms with Gasteiger partial charge in [0.2, 0.25) is 12.7 Å². The van der Waals surface area contributed by atoms with Gasteiger partial charge in [-0.25, -0.2) is 4.98 Å². The van der Waals surface area contributed by atoms with Gasteiger partial charge in [0.15, 0.2) is 11.5 Å². The van der Waals surface area contributed by atoms with Crippen LogP contribution >= 0.6 is 11.8 Å². The van der Waals surface area contributed by atoms with Crippen molar-refractivity contribution in [3.8, 4) is 11.5 Å². The molecule has 1 amide bonds. The Kier molecular flexibility index (Phi) is 4.90. The lowest BCUT2D eigenvalue weighted by atomic mass is 10.1. The first-order valence-corrected chi connectivity index (χ1v) is 9.83. The normalized spacial score (nSPS) is 12.4. The number of nitrogens with zero attached hydrogens (tertiary/aromatic N) is 1. The van der Waals surface area contributed by atoms with Crippen LogP contribution in [-0.2, 0) is 11.2 Å². The second-order valence-electron chi connectivity index (χ2n) is 6.41. The minimum Gasteiger partial charge on any atom is -0.454 e. The molecule has 0 spiro atoms. The lowest BCUT2D eigenvalue weighted by molar-refractivity contribution is -0.113. The lowest BCUT2D eigenvalue weighted by Crippen LogP contribution is -2.14. The van der Waals surface area contributed by atoms with E-state index in [0.29, 0.717) is 22.9 Å². The van der Waals surface area contributed by atoms with Crippen molar-refractivity contribution in [3.63, 3.8) is 0 Å². The van der Waals surface area contributed by atoms with E-state index in [2.05, 4.69) is 37.4 Å². The Morgan fingerprint density at radius 3 is 2.85 bits per heavy atom. The van der Waals surface area contributed by atoms with Crippen LogP contribution in [0.3, 0.4) is 0 Å². The highest BCUT2D eigenvalue weighted by molar-refractivity contribution is 8.00. The molecule has 0 atom stereocenters. The molecule has 4 rings (SSSR count). The topological polar surface area (TPSA) is 60.5 Å². The van der Waals surface area contributed by atoms with Crippen LogP contribution in [0.15, 0.2) is 47.5 Å². The first kappa shape index (κ1) is 17.7. The van der Waals surface area contributed by atoms with Crippen molar-refractivity contribution < 1.29 is 14.3 Å². The zero-order valence-electron chi connectivity index (χ0n) is 15.2. The highest BCUT2D eigenvalue weighted by Crippen LogP contribution is 2.34. The number of carbonyl (C=O) groups is 1. The molecule has 0 saturated carbocycles. The van der Waals surface area contributed by atoms with Crippen molar-refractivity contribution >= 4 is 34.3 Å². The molecule has 1 N–H and O–H groups in total. The molecule has 1 aliphatic heterocycles. The summed E-state index contributed by atoms with van der Waals surface area (Å²) in [6.45, 7) is 4.40. The molecule has 1 aliphatic rings. The van der Waals surface area contributed by atoms with E-state index in [4.69, 9.17) is 14.5 Å². The van der Waals surface area contributed by atoms with Crippen LogP contribution in [0.25, 0.3) is 10.9 Å². The van der Waals surface area contributed by atoms with Crippen LogP contribution in [0.5, 0.6) is 11.5 Å². The van der Waals surface area contributed by atoms with E-state index < -0.39 is 0 Å². The zero-order chi connectivity index (χ0) is 18.8. The number of pyridine rings is 1. The van der Waals surface area contributed by atoms with Gasteiger partial charge in [-0.3, -0.25) is 4.79 Å². The lowest BCUT2D eigenvalue weighted by Gasteiger charge is -2.10. The number of anilines is 1. The van der Waals surface area contributed by atoms with Crippen LogP contribution in [0.4, 0.5) is 5.69 Å². The largest absolute Gasteiger partial charge is 0.454 e. The Morgan fingerprint density at radius 2 is 2.00 bits per heavy atom. The molecule has 2 aromatic carbocycles. The second kappa shape index (κ2) is 7.48. The summed E-state index contributed by atoms with van der Waals surface area (Å²) in [4.78, 5) is 17.1. The first-order valence-electron chi connectivity index (χ1n) is 8.85. The van der Waals surface area contributed by atoms with Crippen molar-refractivity contribution in [2.75, 3.05) is 17.9 Å². The molecule has 0 fully saturated rings. The smallest absolute Gasteiger partial charge is 0.234 e. The summed E-state index contributed by atoms with van der Waals surface area (Å²) in [5.41, 5.74) is 4.03.